The quantitative estimate of drug-likeness (QED) is 0.733. The van der Waals surface area contributed by atoms with Crippen LogP contribution in [0.5, 0.6) is 5.75 Å². The van der Waals surface area contributed by atoms with Crippen LogP contribution < -0.4 is 4.74 Å². The van der Waals surface area contributed by atoms with Crippen molar-refractivity contribution in [1.29, 1.82) is 0 Å². The Morgan fingerprint density at radius 3 is 2.81 bits per heavy atom. The summed E-state index contributed by atoms with van der Waals surface area (Å²) < 4.78 is 10.7. The number of nitrogens with zero attached hydrogens (tertiary/aromatic N) is 2. The molecule has 1 heterocycles. The number of carbonyl (C=O) groups excluding carboxylic acids is 1. The Kier molecular flexibility index (Phi) is 5.50. The molecule has 112 valence electrons. The summed E-state index contributed by atoms with van der Waals surface area (Å²) in [6.07, 6.45) is 0.456. The number of aromatic nitrogens is 2. The fourth-order valence-corrected chi connectivity index (χ4v) is 2.95. The zero-order valence-electron chi connectivity index (χ0n) is 11.4. The summed E-state index contributed by atoms with van der Waals surface area (Å²) >= 11 is 13.5. The number of halogens is 2. The fraction of sp³-hybridized carbons (Fsp3) is 0.308. The second kappa shape index (κ2) is 7.15. The first-order valence-corrected chi connectivity index (χ1v) is 7.75. The van der Waals surface area contributed by atoms with Crippen molar-refractivity contribution in [2.75, 3.05) is 12.9 Å². The lowest BCUT2D eigenvalue weighted by Gasteiger charge is -2.07. The van der Waals surface area contributed by atoms with E-state index in [1.165, 1.54) is 18.9 Å². The number of ketones is 1. The minimum atomic E-state index is 0.118. The molecule has 1 aromatic carbocycles. The predicted molar refractivity (Wildman–Crippen MR) is 82.3 cm³/mol. The average Bonchev–Trinajstić information content (AvgIpc) is 2.87. The third kappa shape index (κ3) is 3.90. The van der Waals surface area contributed by atoms with E-state index in [9.17, 15) is 4.79 Å². The van der Waals surface area contributed by atoms with Gasteiger partial charge < -0.3 is 9.15 Å². The van der Waals surface area contributed by atoms with Crippen molar-refractivity contribution in [1.82, 2.24) is 10.2 Å². The van der Waals surface area contributed by atoms with Crippen molar-refractivity contribution in [3.63, 3.8) is 0 Å². The second-order valence-corrected chi connectivity index (χ2v) is 5.95. The van der Waals surface area contributed by atoms with Crippen molar-refractivity contribution in [3.05, 3.63) is 22.2 Å². The highest BCUT2D eigenvalue weighted by Gasteiger charge is 2.17. The predicted octanol–water partition coefficient (Wildman–Crippen LogP) is 4.12. The lowest BCUT2D eigenvalue weighted by molar-refractivity contribution is -0.116. The summed E-state index contributed by atoms with van der Waals surface area (Å²) in [6.45, 7) is 1.54. The summed E-state index contributed by atoms with van der Waals surface area (Å²) in [5.41, 5.74) is 0.545. The van der Waals surface area contributed by atoms with Crippen LogP contribution in [0, 0.1) is 0 Å². The van der Waals surface area contributed by atoms with Crippen LogP contribution in [0.2, 0.25) is 10.0 Å². The van der Waals surface area contributed by atoms with Crippen LogP contribution in [0.15, 0.2) is 21.8 Å². The van der Waals surface area contributed by atoms with E-state index in [1.54, 1.807) is 19.1 Å². The van der Waals surface area contributed by atoms with Gasteiger partial charge in [0.2, 0.25) is 5.89 Å². The molecule has 0 bridgehead atoms. The van der Waals surface area contributed by atoms with E-state index in [1.807, 2.05) is 0 Å². The van der Waals surface area contributed by atoms with E-state index >= 15 is 0 Å². The van der Waals surface area contributed by atoms with Crippen LogP contribution in [0.4, 0.5) is 0 Å². The van der Waals surface area contributed by atoms with Gasteiger partial charge >= 0.3 is 0 Å². The molecular formula is C13H12Cl2N2O3S. The molecule has 0 saturated heterocycles. The van der Waals surface area contributed by atoms with Gasteiger partial charge in [-0.25, -0.2) is 0 Å². The third-order valence-corrected chi connectivity index (χ3v) is 4.06. The van der Waals surface area contributed by atoms with Gasteiger partial charge in [0.25, 0.3) is 5.22 Å². The normalized spacial score (nSPS) is 10.7. The van der Waals surface area contributed by atoms with Gasteiger partial charge in [-0.05, 0) is 19.1 Å². The van der Waals surface area contributed by atoms with E-state index in [4.69, 9.17) is 32.4 Å². The van der Waals surface area contributed by atoms with Crippen molar-refractivity contribution in [3.8, 4) is 17.2 Å². The fourth-order valence-electron chi connectivity index (χ4n) is 1.54. The van der Waals surface area contributed by atoms with Gasteiger partial charge in [0.05, 0.1) is 22.7 Å². The number of carbonyl (C=O) groups is 1. The molecule has 2 rings (SSSR count). The topological polar surface area (TPSA) is 65.2 Å². The van der Waals surface area contributed by atoms with Crippen LogP contribution in [0.1, 0.15) is 13.3 Å². The molecule has 0 spiro atoms. The van der Waals surface area contributed by atoms with Gasteiger partial charge in [0.15, 0.2) is 5.75 Å². The van der Waals surface area contributed by atoms with Crippen LogP contribution in [0.25, 0.3) is 11.5 Å². The zero-order chi connectivity index (χ0) is 15.4. The van der Waals surface area contributed by atoms with Crippen molar-refractivity contribution in [2.45, 2.75) is 18.6 Å². The summed E-state index contributed by atoms with van der Waals surface area (Å²) in [7, 11) is 1.48. The molecule has 21 heavy (non-hydrogen) atoms. The molecule has 8 heteroatoms. The Morgan fingerprint density at radius 2 is 2.14 bits per heavy atom. The minimum Gasteiger partial charge on any atom is -0.494 e. The van der Waals surface area contributed by atoms with Crippen LogP contribution in [-0.4, -0.2) is 28.8 Å². The van der Waals surface area contributed by atoms with Gasteiger partial charge in [-0.2, -0.15) is 0 Å². The maximum absolute atomic E-state index is 10.9. The van der Waals surface area contributed by atoms with E-state index in [0.717, 1.165) is 0 Å². The highest BCUT2D eigenvalue weighted by atomic mass is 35.5. The SMILES string of the molecule is COc1c(Cl)ccc(-c2nnc(SCCC(C)=O)o2)c1Cl. The molecule has 0 fully saturated rings. The number of Topliss-reactive ketones (excluding diaryl/α,β-unsaturated/α-hetero) is 1. The lowest BCUT2D eigenvalue weighted by Crippen LogP contribution is -1.91. The molecule has 0 atom stereocenters. The molecular weight excluding hydrogens is 335 g/mol. The minimum absolute atomic E-state index is 0.118. The van der Waals surface area contributed by atoms with Gasteiger partial charge in [0, 0.05) is 12.2 Å². The van der Waals surface area contributed by atoms with Crippen LogP contribution in [-0.2, 0) is 4.79 Å². The number of methoxy groups -OCH3 is 1. The first-order chi connectivity index (χ1) is 10.0. The molecule has 2 aromatic rings. The van der Waals surface area contributed by atoms with Crippen molar-refractivity contribution < 1.29 is 13.9 Å². The zero-order valence-corrected chi connectivity index (χ0v) is 13.7. The standard InChI is InChI=1S/C13H12Cl2N2O3S/c1-7(18)5-6-21-13-17-16-12(20-13)8-3-4-9(14)11(19-2)10(8)15/h3-4H,5-6H2,1-2H3. The maximum atomic E-state index is 10.9. The Morgan fingerprint density at radius 1 is 1.38 bits per heavy atom. The Hall–Kier alpha value is -1.24. The number of thioether (sulfide) groups is 1. The molecule has 0 aliphatic carbocycles. The summed E-state index contributed by atoms with van der Waals surface area (Å²) in [4.78, 5) is 10.9. The van der Waals surface area contributed by atoms with E-state index in [0.29, 0.717) is 38.8 Å². The average molecular weight is 347 g/mol. The molecule has 0 saturated carbocycles. The van der Waals surface area contributed by atoms with Gasteiger partial charge in [0.1, 0.15) is 5.78 Å². The van der Waals surface area contributed by atoms with Crippen LogP contribution in [0.3, 0.4) is 0 Å². The highest BCUT2D eigenvalue weighted by molar-refractivity contribution is 7.99. The number of hydrogen-bond acceptors (Lipinski definition) is 6. The summed E-state index contributed by atoms with van der Waals surface area (Å²) in [5.74, 6) is 1.35. The lowest BCUT2D eigenvalue weighted by atomic mass is 10.2. The number of ether oxygens (including phenoxy) is 1. The smallest absolute Gasteiger partial charge is 0.276 e. The monoisotopic (exact) mass is 346 g/mol. The molecule has 0 aliphatic rings. The first kappa shape index (κ1) is 16.1. The van der Waals surface area contributed by atoms with E-state index < -0.39 is 0 Å². The van der Waals surface area contributed by atoms with Gasteiger partial charge in [-0.15, -0.1) is 10.2 Å². The Labute approximate surface area is 136 Å². The number of hydrogen-bond donors (Lipinski definition) is 0. The molecule has 0 amide bonds. The molecule has 0 unspecified atom stereocenters. The van der Waals surface area contributed by atoms with Crippen molar-refractivity contribution >= 4 is 40.7 Å². The number of rotatable bonds is 6. The molecule has 5 nitrogen and oxygen atoms in total. The van der Waals surface area contributed by atoms with E-state index in [2.05, 4.69) is 10.2 Å². The molecule has 0 N–H and O–H groups in total. The summed E-state index contributed by atoms with van der Waals surface area (Å²) in [6, 6.07) is 3.33. The van der Waals surface area contributed by atoms with Crippen molar-refractivity contribution in [2.24, 2.45) is 0 Å². The summed E-state index contributed by atoms with van der Waals surface area (Å²) in [5, 5.41) is 8.96. The molecule has 0 radical (unpaired) electrons. The van der Waals surface area contributed by atoms with Gasteiger partial charge in [-0.1, -0.05) is 35.0 Å². The largest absolute Gasteiger partial charge is 0.494 e. The third-order valence-electron chi connectivity index (χ3n) is 2.57. The Bertz CT molecular complexity index is 661. The molecule has 1 aromatic heterocycles. The maximum Gasteiger partial charge on any atom is 0.276 e. The number of benzene rings is 1. The highest BCUT2D eigenvalue weighted by Crippen LogP contribution is 2.40. The van der Waals surface area contributed by atoms with E-state index in [-0.39, 0.29) is 11.7 Å². The second-order valence-electron chi connectivity index (χ2n) is 4.12. The van der Waals surface area contributed by atoms with Gasteiger partial charge in [-0.3, -0.25) is 4.79 Å². The molecule has 0 aliphatic heterocycles. The Balaban J connectivity index is 2.20. The first-order valence-electron chi connectivity index (χ1n) is 6.01. The van der Waals surface area contributed by atoms with Crippen LogP contribution >= 0.6 is 35.0 Å².